The number of rotatable bonds is 3. The molecule has 0 atom stereocenters. The van der Waals surface area contributed by atoms with E-state index in [1.165, 1.54) is 23.1 Å². The molecule has 0 aliphatic rings. The Hall–Kier alpha value is -2.53. The summed E-state index contributed by atoms with van der Waals surface area (Å²) >= 11 is 5.77. The molecule has 2 amide bonds. The first kappa shape index (κ1) is 14.9. The molecule has 0 fully saturated rings. The van der Waals surface area contributed by atoms with Crippen molar-refractivity contribution in [3.05, 3.63) is 59.1 Å². The number of benzene rings is 2. The maximum absolute atomic E-state index is 12.2. The van der Waals surface area contributed by atoms with Gasteiger partial charge in [0.25, 0.3) is 0 Å². The quantitative estimate of drug-likeness (QED) is 0.908. The van der Waals surface area contributed by atoms with Crippen LogP contribution in [0.25, 0.3) is 0 Å². The van der Waals surface area contributed by atoms with E-state index in [0.29, 0.717) is 10.7 Å². The third kappa shape index (κ3) is 3.52. The fraction of sp³-hybridized carbons (Fsp3) is 0.0667. The molecule has 0 aliphatic heterocycles. The Balaban J connectivity index is 2.22. The van der Waals surface area contributed by atoms with Gasteiger partial charge in [0.1, 0.15) is 0 Å². The van der Waals surface area contributed by atoms with Gasteiger partial charge in [0.05, 0.1) is 11.3 Å². The molecule has 2 rings (SSSR count). The Bertz CT molecular complexity index is 674. The van der Waals surface area contributed by atoms with E-state index < -0.39 is 12.0 Å². The van der Waals surface area contributed by atoms with Crippen LogP contribution in [-0.4, -0.2) is 24.2 Å². The van der Waals surface area contributed by atoms with Crippen LogP contribution in [0.2, 0.25) is 5.02 Å². The zero-order valence-corrected chi connectivity index (χ0v) is 12.0. The van der Waals surface area contributed by atoms with Crippen molar-refractivity contribution in [1.29, 1.82) is 0 Å². The van der Waals surface area contributed by atoms with Gasteiger partial charge in [-0.15, -0.1) is 0 Å². The molecule has 6 heteroatoms. The summed E-state index contributed by atoms with van der Waals surface area (Å²) in [4.78, 5) is 24.7. The molecule has 108 valence electrons. The second-order valence-electron chi connectivity index (χ2n) is 4.32. The highest BCUT2D eigenvalue weighted by Crippen LogP contribution is 2.22. The summed E-state index contributed by atoms with van der Waals surface area (Å²) in [6.07, 6.45) is 0. The van der Waals surface area contributed by atoms with Crippen LogP contribution in [0.3, 0.4) is 0 Å². The zero-order valence-electron chi connectivity index (χ0n) is 11.2. The normalized spacial score (nSPS) is 10.0. The van der Waals surface area contributed by atoms with E-state index in [4.69, 9.17) is 16.7 Å². The molecule has 0 heterocycles. The van der Waals surface area contributed by atoms with E-state index in [0.717, 1.165) is 0 Å². The van der Waals surface area contributed by atoms with E-state index in [9.17, 15) is 9.59 Å². The maximum atomic E-state index is 12.2. The molecule has 0 spiro atoms. The number of hydrogen-bond donors (Lipinski definition) is 2. The summed E-state index contributed by atoms with van der Waals surface area (Å²) in [7, 11) is 1.60. The molecule has 0 radical (unpaired) electrons. The fourth-order valence-corrected chi connectivity index (χ4v) is 1.94. The molecule has 2 aromatic carbocycles. The van der Waals surface area contributed by atoms with E-state index >= 15 is 0 Å². The number of carbonyl (C=O) groups is 2. The highest BCUT2D eigenvalue weighted by molar-refractivity contribution is 6.31. The van der Waals surface area contributed by atoms with E-state index in [2.05, 4.69) is 5.32 Å². The lowest BCUT2D eigenvalue weighted by atomic mass is 10.2. The van der Waals surface area contributed by atoms with Crippen LogP contribution in [0.5, 0.6) is 0 Å². The Morgan fingerprint density at radius 1 is 1.14 bits per heavy atom. The molecule has 21 heavy (non-hydrogen) atoms. The predicted molar refractivity (Wildman–Crippen MR) is 82.3 cm³/mol. The number of urea groups is 1. The number of hydrogen-bond acceptors (Lipinski definition) is 2. The summed E-state index contributed by atoms with van der Waals surface area (Å²) in [5, 5.41) is 12.0. The summed E-state index contributed by atoms with van der Waals surface area (Å²) in [6, 6.07) is 12.9. The highest BCUT2D eigenvalue weighted by atomic mass is 35.5. The third-order valence-electron chi connectivity index (χ3n) is 2.90. The average Bonchev–Trinajstić information content (AvgIpc) is 2.49. The SMILES string of the molecule is CN(C(=O)Nc1ccc(Cl)cc1C(=O)O)c1ccccc1. The summed E-state index contributed by atoms with van der Waals surface area (Å²) in [6.45, 7) is 0. The van der Waals surface area contributed by atoms with Crippen molar-refractivity contribution < 1.29 is 14.7 Å². The molecule has 0 bridgehead atoms. The Morgan fingerprint density at radius 2 is 1.81 bits per heavy atom. The highest BCUT2D eigenvalue weighted by Gasteiger charge is 2.16. The summed E-state index contributed by atoms with van der Waals surface area (Å²) in [5.41, 5.74) is 0.831. The van der Waals surface area contributed by atoms with Gasteiger partial charge in [0, 0.05) is 17.8 Å². The zero-order chi connectivity index (χ0) is 15.4. The van der Waals surface area contributed by atoms with Crippen LogP contribution >= 0.6 is 11.6 Å². The molecular formula is C15H13ClN2O3. The van der Waals surface area contributed by atoms with Gasteiger partial charge in [-0.25, -0.2) is 9.59 Å². The van der Waals surface area contributed by atoms with Crippen molar-refractivity contribution in [1.82, 2.24) is 0 Å². The second kappa shape index (κ2) is 6.28. The van der Waals surface area contributed by atoms with Gasteiger partial charge in [-0.2, -0.15) is 0 Å². The van der Waals surface area contributed by atoms with Crippen LogP contribution in [0.4, 0.5) is 16.2 Å². The summed E-state index contributed by atoms with van der Waals surface area (Å²) < 4.78 is 0. The number of para-hydroxylation sites is 1. The second-order valence-corrected chi connectivity index (χ2v) is 4.76. The number of halogens is 1. The largest absolute Gasteiger partial charge is 0.478 e. The van der Waals surface area contributed by atoms with E-state index in [1.54, 1.807) is 19.2 Å². The van der Waals surface area contributed by atoms with Crippen LogP contribution in [-0.2, 0) is 0 Å². The first-order chi connectivity index (χ1) is 9.99. The van der Waals surface area contributed by atoms with E-state index in [1.807, 2.05) is 18.2 Å². The van der Waals surface area contributed by atoms with Gasteiger partial charge in [0.2, 0.25) is 0 Å². The third-order valence-corrected chi connectivity index (χ3v) is 3.14. The van der Waals surface area contributed by atoms with Crippen LogP contribution in [0.15, 0.2) is 48.5 Å². The number of carboxylic acids is 1. The topological polar surface area (TPSA) is 69.6 Å². The van der Waals surface area contributed by atoms with Crippen molar-refractivity contribution in [2.45, 2.75) is 0 Å². The van der Waals surface area contributed by atoms with Gasteiger partial charge in [-0.1, -0.05) is 29.8 Å². The molecule has 2 N–H and O–H groups in total. The first-order valence-electron chi connectivity index (χ1n) is 6.11. The number of nitrogens with zero attached hydrogens (tertiary/aromatic N) is 1. The lowest BCUT2D eigenvalue weighted by Crippen LogP contribution is -2.31. The Kier molecular flexibility index (Phi) is 4.45. The van der Waals surface area contributed by atoms with Crippen LogP contribution in [0.1, 0.15) is 10.4 Å². The van der Waals surface area contributed by atoms with Crippen molar-refractivity contribution in [3.8, 4) is 0 Å². The number of carboxylic acid groups (broad SMARTS) is 1. The Labute approximate surface area is 126 Å². The lowest BCUT2D eigenvalue weighted by molar-refractivity contribution is 0.0698. The molecule has 0 aromatic heterocycles. The molecule has 0 saturated carbocycles. The Morgan fingerprint density at radius 3 is 2.43 bits per heavy atom. The number of nitrogens with one attached hydrogen (secondary N) is 1. The minimum atomic E-state index is -1.16. The predicted octanol–water partition coefficient (Wildman–Crippen LogP) is 3.71. The minimum absolute atomic E-state index is 0.0580. The average molecular weight is 305 g/mol. The monoisotopic (exact) mass is 304 g/mol. The molecule has 2 aromatic rings. The van der Waals surface area contributed by atoms with Crippen molar-refractivity contribution >= 4 is 35.0 Å². The van der Waals surface area contributed by atoms with Crippen molar-refractivity contribution in [2.24, 2.45) is 0 Å². The van der Waals surface area contributed by atoms with E-state index in [-0.39, 0.29) is 11.3 Å². The fourth-order valence-electron chi connectivity index (χ4n) is 1.77. The molecule has 0 aliphatic carbocycles. The molecule has 5 nitrogen and oxygen atoms in total. The van der Waals surface area contributed by atoms with Gasteiger partial charge in [-0.05, 0) is 30.3 Å². The molecular weight excluding hydrogens is 292 g/mol. The molecule has 0 saturated heterocycles. The number of anilines is 2. The van der Waals surface area contributed by atoms with Gasteiger partial charge >= 0.3 is 12.0 Å². The van der Waals surface area contributed by atoms with Crippen LogP contribution < -0.4 is 10.2 Å². The number of aromatic carboxylic acids is 1. The van der Waals surface area contributed by atoms with Gasteiger partial charge in [0.15, 0.2) is 0 Å². The molecule has 0 unspecified atom stereocenters. The number of amides is 2. The van der Waals surface area contributed by atoms with Gasteiger partial charge in [-0.3, -0.25) is 4.90 Å². The lowest BCUT2D eigenvalue weighted by Gasteiger charge is -2.18. The minimum Gasteiger partial charge on any atom is -0.478 e. The summed E-state index contributed by atoms with van der Waals surface area (Å²) in [5.74, 6) is -1.16. The van der Waals surface area contributed by atoms with Gasteiger partial charge < -0.3 is 10.4 Å². The van der Waals surface area contributed by atoms with Crippen molar-refractivity contribution in [2.75, 3.05) is 17.3 Å². The maximum Gasteiger partial charge on any atom is 0.337 e. The smallest absolute Gasteiger partial charge is 0.337 e. The number of carbonyl (C=O) groups excluding carboxylic acids is 1. The standard InChI is InChI=1S/C15H13ClN2O3/c1-18(11-5-3-2-4-6-11)15(21)17-13-8-7-10(16)9-12(13)14(19)20/h2-9H,1H3,(H,17,21)(H,19,20). The van der Waals surface area contributed by atoms with Crippen molar-refractivity contribution in [3.63, 3.8) is 0 Å². The van der Waals surface area contributed by atoms with Crippen LogP contribution in [0, 0.1) is 0 Å². The first-order valence-corrected chi connectivity index (χ1v) is 6.49.